The molecule has 0 unspecified atom stereocenters. The van der Waals surface area contributed by atoms with E-state index < -0.39 is 12.1 Å². The van der Waals surface area contributed by atoms with E-state index >= 15 is 0 Å². The van der Waals surface area contributed by atoms with Crippen molar-refractivity contribution in [3.63, 3.8) is 0 Å². The first-order valence-corrected chi connectivity index (χ1v) is 8.45. The van der Waals surface area contributed by atoms with E-state index in [1.165, 1.54) is 12.1 Å². The zero-order chi connectivity index (χ0) is 16.7. The molecule has 2 nitrogen and oxygen atoms in total. The van der Waals surface area contributed by atoms with Crippen LogP contribution in [0.1, 0.15) is 42.5 Å². The van der Waals surface area contributed by atoms with Crippen LogP contribution in [0.2, 0.25) is 0 Å². The third-order valence-corrected chi connectivity index (χ3v) is 5.41. The van der Waals surface area contributed by atoms with Gasteiger partial charge in [0.15, 0.2) is 0 Å². The number of carbonyl (C=O) groups excluding carboxylic acids is 1. The van der Waals surface area contributed by atoms with Crippen LogP contribution in [0, 0.1) is 23.5 Å². The van der Waals surface area contributed by atoms with Crippen LogP contribution in [0.25, 0.3) is 0 Å². The summed E-state index contributed by atoms with van der Waals surface area (Å²) in [4.78, 5) is 12.9. The molecule has 1 saturated heterocycles. The molecule has 2 aromatic carbocycles. The second-order valence-corrected chi connectivity index (χ2v) is 6.71. The number of carbonyl (C=O) groups is 1. The van der Waals surface area contributed by atoms with Gasteiger partial charge in [0.1, 0.15) is 17.4 Å². The lowest BCUT2D eigenvalue weighted by molar-refractivity contribution is -0.135. The molecule has 1 aliphatic carbocycles. The molecule has 0 amide bonds. The van der Waals surface area contributed by atoms with Gasteiger partial charge in [-0.25, -0.2) is 8.78 Å². The van der Waals surface area contributed by atoms with E-state index in [1.54, 1.807) is 36.4 Å². The minimum Gasteiger partial charge on any atom is -0.301 e. The molecule has 2 aromatic rings. The van der Waals surface area contributed by atoms with Gasteiger partial charge in [-0.1, -0.05) is 42.8 Å². The maximum absolute atomic E-state index is 14.3. The van der Waals surface area contributed by atoms with Gasteiger partial charge in [0, 0.05) is 35.0 Å². The molecule has 1 heterocycles. The Balaban J connectivity index is 1.78. The number of nitrogens with one attached hydrogen (secondary N) is 1. The molecule has 0 radical (unpaired) electrons. The lowest BCUT2D eigenvalue weighted by Crippen LogP contribution is -2.51. The van der Waals surface area contributed by atoms with Gasteiger partial charge >= 0.3 is 0 Å². The summed E-state index contributed by atoms with van der Waals surface area (Å²) in [7, 11) is 0. The van der Waals surface area contributed by atoms with Crippen molar-refractivity contribution in [2.75, 3.05) is 0 Å². The predicted octanol–water partition coefficient (Wildman–Crippen LogP) is 4.34. The molecule has 24 heavy (non-hydrogen) atoms. The SMILES string of the molecule is O=C1[C@H]2CCC[C@@H]1[C@H](c1ccccc1F)N[C@@H]2c1ccccc1F. The average Bonchev–Trinajstić information content (AvgIpc) is 2.57. The minimum absolute atomic E-state index is 0.140. The third kappa shape index (κ3) is 2.46. The van der Waals surface area contributed by atoms with E-state index in [1.807, 2.05) is 0 Å². The number of ketones is 1. The highest BCUT2D eigenvalue weighted by Gasteiger charge is 2.47. The second-order valence-electron chi connectivity index (χ2n) is 6.71. The summed E-state index contributed by atoms with van der Waals surface area (Å²) in [5.74, 6) is -0.966. The van der Waals surface area contributed by atoms with E-state index in [-0.39, 0.29) is 29.3 Å². The van der Waals surface area contributed by atoms with Gasteiger partial charge in [-0.05, 0) is 25.0 Å². The molecule has 124 valence electrons. The van der Waals surface area contributed by atoms with Gasteiger partial charge in [-0.2, -0.15) is 0 Å². The molecule has 1 N–H and O–H groups in total. The highest BCUT2D eigenvalue weighted by molar-refractivity contribution is 5.87. The third-order valence-electron chi connectivity index (χ3n) is 5.41. The van der Waals surface area contributed by atoms with Crippen LogP contribution in [0.5, 0.6) is 0 Å². The Morgan fingerprint density at radius 3 is 1.71 bits per heavy atom. The van der Waals surface area contributed by atoms with Crippen molar-refractivity contribution in [3.05, 3.63) is 71.3 Å². The van der Waals surface area contributed by atoms with Crippen LogP contribution >= 0.6 is 0 Å². The van der Waals surface area contributed by atoms with Crippen molar-refractivity contribution >= 4 is 5.78 Å². The standard InChI is InChI=1S/C20H19F2NO/c21-16-10-3-1-6-12(16)18-14-8-5-9-15(20(14)24)19(23-18)13-7-2-4-11-17(13)22/h1-4,6-7,10-11,14-15,18-19,23H,5,8-9H2/t14-,15+,18+,19-. The van der Waals surface area contributed by atoms with Crippen molar-refractivity contribution in [1.82, 2.24) is 5.32 Å². The molecule has 4 atom stereocenters. The fourth-order valence-corrected chi connectivity index (χ4v) is 4.27. The molecular formula is C20H19F2NO. The number of Topliss-reactive ketones (excluding diaryl/α,β-unsaturated/α-hetero) is 1. The van der Waals surface area contributed by atoms with Gasteiger partial charge in [0.05, 0.1) is 0 Å². The lowest BCUT2D eigenvalue weighted by atomic mass is 9.67. The van der Waals surface area contributed by atoms with Gasteiger partial charge in [0.2, 0.25) is 0 Å². The number of halogens is 2. The fourth-order valence-electron chi connectivity index (χ4n) is 4.27. The van der Waals surface area contributed by atoms with Gasteiger partial charge in [-0.3, -0.25) is 4.79 Å². The van der Waals surface area contributed by atoms with Crippen LogP contribution in [-0.4, -0.2) is 5.78 Å². The van der Waals surface area contributed by atoms with E-state index in [2.05, 4.69) is 5.32 Å². The van der Waals surface area contributed by atoms with Crippen LogP contribution in [0.4, 0.5) is 8.78 Å². The van der Waals surface area contributed by atoms with Crippen LogP contribution in [-0.2, 0) is 4.79 Å². The Hall–Kier alpha value is -2.07. The summed E-state index contributed by atoms with van der Waals surface area (Å²) in [5, 5.41) is 3.40. The Kier molecular flexibility index (Phi) is 3.93. The normalized spacial score (nSPS) is 29.5. The summed E-state index contributed by atoms with van der Waals surface area (Å²) in [6, 6.07) is 12.3. The largest absolute Gasteiger partial charge is 0.301 e. The first-order valence-electron chi connectivity index (χ1n) is 8.45. The van der Waals surface area contributed by atoms with Gasteiger partial charge in [0.25, 0.3) is 0 Å². The lowest BCUT2D eigenvalue weighted by Gasteiger charge is -2.45. The summed E-state index contributed by atoms with van der Waals surface area (Å²) in [6.45, 7) is 0. The number of piperidine rings is 1. The summed E-state index contributed by atoms with van der Waals surface area (Å²) in [6.07, 6.45) is 2.43. The zero-order valence-electron chi connectivity index (χ0n) is 13.2. The molecular weight excluding hydrogens is 308 g/mol. The topological polar surface area (TPSA) is 29.1 Å². The number of fused-ring (bicyclic) bond motifs is 2. The van der Waals surface area contributed by atoms with Gasteiger partial charge < -0.3 is 5.32 Å². The predicted molar refractivity (Wildman–Crippen MR) is 87.3 cm³/mol. The van der Waals surface area contributed by atoms with E-state index in [9.17, 15) is 13.6 Å². The quantitative estimate of drug-likeness (QED) is 0.889. The Bertz CT molecular complexity index is 714. The Labute approximate surface area is 139 Å². The molecule has 1 saturated carbocycles. The van der Waals surface area contributed by atoms with Crippen molar-refractivity contribution in [2.24, 2.45) is 11.8 Å². The average molecular weight is 327 g/mol. The van der Waals surface area contributed by atoms with Gasteiger partial charge in [-0.15, -0.1) is 0 Å². The monoisotopic (exact) mass is 327 g/mol. The van der Waals surface area contributed by atoms with E-state index in [4.69, 9.17) is 0 Å². The molecule has 2 bridgehead atoms. The van der Waals surface area contributed by atoms with Crippen LogP contribution < -0.4 is 5.32 Å². The second kappa shape index (κ2) is 6.10. The molecule has 2 aliphatic rings. The van der Waals surface area contributed by atoms with E-state index in [0.29, 0.717) is 11.1 Å². The minimum atomic E-state index is -0.403. The number of rotatable bonds is 2. The van der Waals surface area contributed by atoms with E-state index in [0.717, 1.165) is 19.3 Å². The Morgan fingerprint density at radius 1 is 0.792 bits per heavy atom. The molecule has 0 aromatic heterocycles. The smallest absolute Gasteiger partial charge is 0.142 e. The zero-order valence-corrected chi connectivity index (χ0v) is 13.2. The number of benzene rings is 2. The maximum atomic E-state index is 14.3. The molecule has 4 rings (SSSR count). The molecule has 1 aliphatic heterocycles. The highest BCUT2D eigenvalue weighted by Crippen LogP contribution is 2.46. The van der Waals surface area contributed by atoms with Crippen molar-refractivity contribution in [1.29, 1.82) is 0 Å². The van der Waals surface area contributed by atoms with Crippen LogP contribution in [0.3, 0.4) is 0 Å². The molecule has 2 fully saturated rings. The number of hydrogen-bond acceptors (Lipinski definition) is 2. The summed E-state index contributed by atoms with van der Waals surface area (Å²) < 4.78 is 28.6. The summed E-state index contributed by atoms with van der Waals surface area (Å²) >= 11 is 0. The maximum Gasteiger partial charge on any atom is 0.142 e. The van der Waals surface area contributed by atoms with Crippen molar-refractivity contribution < 1.29 is 13.6 Å². The van der Waals surface area contributed by atoms with Crippen molar-refractivity contribution in [2.45, 2.75) is 31.3 Å². The highest BCUT2D eigenvalue weighted by atomic mass is 19.1. The molecule has 4 heteroatoms. The number of hydrogen-bond donors (Lipinski definition) is 1. The first-order chi connectivity index (χ1) is 11.7. The first kappa shape index (κ1) is 15.5. The molecule has 0 spiro atoms. The summed E-state index contributed by atoms with van der Waals surface area (Å²) in [5.41, 5.74) is 0.995. The Morgan fingerprint density at radius 2 is 1.25 bits per heavy atom. The van der Waals surface area contributed by atoms with Crippen LogP contribution in [0.15, 0.2) is 48.5 Å². The fraction of sp³-hybridized carbons (Fsp3) is 0.350. The van der Waals surface area contributed by atoms with Crippen molar-refractivity contribution in [3.8, 4) is 0 Å².